The number of amides is 1. The summed E-state index contributed by atoms with van der Waals surface area (Å²) in [7, 11) is 3.18. The Bertz CT molecular complexity index is 1060. The number of carbonyl (C=O) groups excluding carboxylic acids is 1. The molecule has 1 saturated heterocycles. The minimum absolute atomic E-state index is 0.228. The number of ether oxygens (including phenoxy) is 3. The van der Waals surface area contributed by atoms with Crippen molar-refractivity contribution in [3.05, 3.63) is 47.1 Å². The van der Waals surface area contributed by atoms with Crippen molar-refractivity contribution in [2.24, 2.45) is 0 Å². The average molecular weight is 441 g/mol. The molecule has 1 aromatic carbocycles. The highest BCUT2D eigenvalue weighted by Gasteiger charge is 2.18. The summed E-state index contributed by atoms with van der Waals surface area (Å²) in [5.41, 5.74) is 2.54. The van der Waals surface area contributed by atoms with Gasteiger partial charge < -0.3 is 24.4 Å². The molecule has 8 nitrogen and oxygen atoms in total. The summed E-state index contributed by atoms with van der Waals surface area (Å²) in [5, 5.41) is 3.60. The molecule has 0 aliphatic carbocycles. The molecule has 0 spiro atoms. The van der Waals surface area contributed by atoms with Crippen molar-refractivity contribution in [1.82, 2.24) is 9.97 Å². The highest BCUT2D eigenvalue weighted by molar-refractivity contribution is 7.17. The molecule has 0 saturated carbocycles. The lowest BCUT2D eigenvalue weighted by Gasteiger charge is -2.28. The molecule has 0 bridgehead atoms. The molecule has 1 aliphatic rings. The molecule has 1 aliphatic heterocycles. The number of aryl methyl sites for hydroxylation is 1. The molecule has 0 atom stereocenters. The molecule has 0 radical (unpaired) electrons. The zero-order valence-corrected chi connectivity index (χ0v) is 18.5. The lowest BCUT2D eigenvalue weighted by molar-refractivity contribution is 0.102. The number of anilines is 2. The monoisotopic (exact) mass is 440 g/mol. The first-order valence-corrected chi connectivity index (χ1v) is 10.7. The van der Waals surface area contributed by atoms with Crippen molar-refractivity contribution in [1.29, 1.82) is 0 Å². The number of aromatic nitrogens is 2. The summed E-state index contributed by atoms with van der Waals surface area (Å²) >= 11 is 1.33. The maximum atomic E-state index is 12.8. The summed E-state index contributed by atoms with van der Waals surface area (Å²) in [4.78, 5) is 24.6. The summed E-state index contributed by atoms with van der Waals surface area (Å²) in [6.45, 7) is 4.93. The number of pyridine rings is 1. The van der Waals surface area contributed by atoms with E-state index in [1.165, 1.54) is 11.3 Å². The van der Waals surface area contributed by atoms with Crippen LogP contribution in [-0.2, 0) is 4.74 Å². The number of nitrogens with zero attached hydrogens (tertiary/aromatic N) is 3. The molecular weight excluding hydrogens is 416 g/mol. The minimum atomic E-state index is -0.228. The van der Waals surface area contributed by atoms with Crippen LogP contribution in [0.4, 0.5) is 11.5 Å². The van der Waals surface area contributed by atoms with Crippen molar-refractivity contribution in [3.63, 3.8) is 0 Å². The van der Waals surface area contributed by atoms with Gasteiger partial charge >= 0.3 is 0 Å². The van der Waals surface area contributed by atoms with Crippen LogP contribution in [0.15, 0.2) is 36.5 Å². The van der Waals surface area contributed by atoms with Crippen LogP contribution in [0, 0.1) is 6.92 Å². The number of hydrogen-bond donors (Lipinski definition) is 1. The van der Waals surface area contributed by atoms with Crippen molar-refractivity contribution in [2.75, 3.05) is 50.7 Å². The number of methoxy groups -OCH3 is 2. The fourth-order valence-electron chi connectivity index (χ4n) is 3.34. The smallest absolute Gasteiger partial charge is 0.268 e. The molecule has 2 aromatic heterocycles. The Morgan fingerprint density at radius 3 is 2.58 bits per heavy atom. The molecule has 3 heterocycles. The third-order valence-electron chi connectivity index (χ3n) is 5.00. The Morgan fingerprint density at radius 1 is 1.13 bits per heavy atom. The molecule has 4 rings (SSSR count). The van der Waals surface area contributed by atoms with Gasteiger partial charge in [0.2, 0.25) is 0 Å². The summed E-state index contributed by atoms with van der Waals surface area (Å²) < 4.78 is 16.0. The largest absolute Gasteiger partial charge is 0.493 e. The molecule has 9 heteroatoms. The highest BCUT2D eigenvalue weighted by Crippen LogP contribution is 2.35. The second kappa shape index (κ2) is 9.32. The fraction of sp³-hybridized carbons (Fsp3) is 0.318. The van der Waals surface area contributed by atoms with E-state index in [4.69, 9.17) is 14.2 Å². The minimum Gasteiger partial charge on any atom is -0.493 e. The third kappa shape index (κ3) is 4.62. The van der Waals surface area contributed by atoms with Crippen LogP contribution in [-0.4, -0.2) is 56.4 Å². The van der Waals surface area contributed by atoms with Gasteiger partial charge in [-0.3, -0.25) is 4.79 Å². The fourth-order valence-corrected chi connectivity index (χ4v) is 4.30. The Labute approximate surface area is 184 Å². The summed E-state index contributed by atoms with van der Waals surface area (Å²) in [6.07, 6.45) is 1.77. The van der Waals surface area contributed by atoms with E-state index >= 15 is 0 Å². The maximum Gasteiger partial charge on any atom is 0.268 e. The van der Waals surface area contributed by atoms with Crippen LogP contribution in [0.3, 0.4) is 0 Å². The van der Waals surface area contributed by atoms with Crippen LogP contribution in [0.1, 0.15) is 15.4 Å². The van der Waals surface area contributed by atoms with Crippen LogP contribution < -0.4 is 19.7 Å². The van der Waals surface area contributed by atoms with E-state index in [0.29, 0.717) is 41.1 Å². The van der Waals surface area contributed by atoms with Gasteiger partial charge in [0.15, 0.2) is 11.5 Å². The lowest BCUT2D eigenvalue weighted by atomic mass is 10.2. The molecule has 3 aromatic rings. The van der Waals surface area contributed by atoms with Crippen molar-refractivity contribution in [2.45, 2.75) is 6.92 Å². The van der Waals surface area contributed by atoms with Gasteiger partial charge in [0.05, 0.1) is 45.0 Å². The molecule has 1 N–H and O–H groups in total. The standard InChI is InChI=1S/C22H24N4O4S/c1-14-20(31-22(24-14)15-4-6-17(28-2)18(12-15)29-3)21(27)25-19-7-5-16(13-23-19)26-8-10-30-11-9-26/h4-7,12-13H,8-11H2,1-3H3,(H,23,25,27). The second-order valence-electron chi connectivity index (χ2n) is 6.96. The van der Waals surface area contributed by atoms with Gasteiger partial charge in [-0.05, 0) is 37.3 Å². The van der Waals surface area contributed by atoms with Crippen molar-refractivity contribution in [3.8, 4) is 22.1 Å². The zero-order valence-electron chi connectivity index (χ0n) is 17.7. The molecule has 162 valence electrons. The molecule has 0 unspecified atom stereocenters. The van der Waals surface area contributed by atoms with Gasteiger partial charge in [0, 0.05) is 18.7 Å². The van der Waals surface area contributed by atoms with Gasteiger partial charge in [-0.15, -0.1) is 11.3 Å². The summed E-state index contributed by atoms with van der Waals surface area (Å²) in [6, 6.07) is 9.35. The van der Waals surface area contributed by atoms with E-state index in [1.54, 1.807) is 20.4 Å². The van der Waals surface area contributed by atoms with Crippen molar-refractivity contribution < 1.29 is 19.0 Å². The number of hydrogen-bond acceptors (Lipinski definition) is 8. The number of morpholine rings is 1. The predicted octanol–water partition coefficient (Wildman–Crippen LogP) is 3.62. The van der Waals surface area contributed by atoms with Gasteiger partial charge in [-0.2, -0.15) is 0 Å². The maximum absolute atomic E-state index is 12.8. The number of thiazole rings is 1. The van der Waals surface area contributed by atoms with Crippen molar-refractivity contribution >= 4 is 28.7 Å². The lowest BCUT2D eigenvalue weighted by Crippen LogP contribution is -2.36. The Morgan fingerprint density at radius 2 is 1.90 bits per heavy atom. The Balaban J connectivity index is 1.49. The first-order valence-electron chi connectivity index (χ1n) is 9.89. The topological polar surface area (TPSA) is 85.8 Å². The van der Waals surface area contributed by atoms with E-state index in [9.17, 15) is 4.79 Å². The first kappa shape index (κ1) is 21.1. The van der Waals surface area contributed by atoms with E-state index in [0.717, 1.165) is 29.3 Å². The molecule has 1 amide bonds. The molecular formula is C22H24N4O4S. The van der Waals surface area contributed by atoms with E-state index in [-0.39, 0.29) is 5.91 Å². The molecule has 31 heavy (non-hydrogen) atoms. The van der Waals surface area contributed by atoms with Crippen LogP contribution in [0.2, 0.25) is 0 Å². The number of rotatable bonds is 6. The van der Waals surface area contributed by atoms with Gasteiger partial charge in [-0.25, -0.2) is 9.97 Å². The van der Waals surface area contributed by atoms with E-state index in [1.807, 2.05) is 37.3 Å². The van der Waals surface area contributed by atoms with E-state index in [2.05, 4.69) is 20.2 Å². The van der Waals surface area contributed by atoms with E-state index < -0.39 is 0 Å². The zero-order chi connectivity index (χ0) is 21.8. The third-order valence-corrected chi connectivity index (χ3v) is 6.20. The highest BCUT2D eigenvalue weighted by atomic mass is 32.1. The average Bonchev–Trinajstić information content (AvgIpc) is 3.21. The first-order chi connectivity index (χ1) is 15.1. The SMILES string of the molecule is COc1ccc(-c2nc(C)c(C(=O)Nc3ccc(N4CCOCC4)cn3)s2)cc1OC. The van der Waals surface area contributed by atoms with Gasteiger partial charge in [-0.1, -0.05) is 0 Å². The Hall–Kier alpha value is -3.17. The van der Waals surface area contributed by atoms with Crippen LogP contribution >= 0.6 is 11.3 Å². The number of carbonyl (C=O) groups is 1. The molecule has 1 fully saturated rings. The normalized spacial score (nSPS) is 13.7. The summed E-state index contributed by atoms with van der Waals surface area (Å²) in [5.74, 6) is 1.53. The Kier molecular flexibility index (Phi) is 6.34. The van der Waals surface area contributed by atoms with Gasteiger partial charge in [0.25, 0.3) is 5.91 Å². The van der Waals surface area contributed by atoms with Crippen LogP contribution in [0.5, 0.6) is 11.5 Å². The number of benzene rings is 1. The number of nitrogens with one attached hydrogen (secondary N) is 1. The predicted molar refractivity (Wildman–Crippen MR) is 121 cm³/mol. The quantitative estimate of drug-likeness (QED) is 0.627. The van der Waals surface area contributed by atoms with Gasteiger partial charge in [0.1, 0.15) is 15.7 Å². The second-order valence-corrected chi connectivity index (χ2v) is 7.96. The van der Waals surface area contributed by atoms with Crippen LogP contribution in [0.25, 0.3) is 10.6 Å².